The summed E-state index contributed by atoms with van der Waals surface area (Å²) in [6.07, 6.45) is 0.252. The number of carboxylic acid groups (broad SMARTS) is 1. The Hall–Kier alpha value is -4.08. The zero-order chi connectivity index (χ0) is 22.2. The predicted octanol–water partition coefficient (Wildman–Crippen LogP) is 1.61. The van der Waals surface area contributed by atoms with Crippen LogP contribution in [0, 0.1) is 6.92 Å². The molecule has 1 unspecified atom stereocenters. The third-order valence-electron chi connectivity index (χ3n) is 4.57. The normalized spacial score (nSPS) is 11.5. The van der Waals surface area contributed by atoms with Gasteiger partial charge in [-0.2, -0.15) is 0 Å². The van der Waals surface area contributed by atoms with Gasteiger partial charge in [-0.05, 0) is 47.2 Å². The van der Waals surface area contributed by atoms with Crippen LogP contribution in [0.2, 0.25) is 0 Å². The lowest BCUT2D eigenvalue weighted by Gasteiger charge is -2.18. The molecular formula is C21H22N6O4. The molecule has 2 aromatic carbocycles. The number of nitrogens with one attached hydrogen (secondary N) is 2. The average Bonchev–Trinajstić information content (AvgIpc) is 3.18. The molecule has 3 aromatic rings. The van der Waals surface area contributed by atoms with Crippen LogP contribution in [0.1, 0.15) is 34.2 Å². The van der Waals surface area contributed by atoms with Crippen molar-refractivity contribution in [3.63, 3.8) is 0 Å². The first kappa shape index (κ1) is 21.6. The molecule has 0 aliphatic rings. The number of aryl methyl sites for hydroxylation is 1. The maximum atomic E-state index is 13.0. The second-order valence-electron chi connectivity index (χ2n) is 6.84. The van der Waals surface area contributed by atoms with E-state index in [1.54, 1.807) is 31.2 Å². The molecule has 1 aromatic heterocycles. The molecule has 160 valence electrons. The number of rotatable bonds is 9. The average molecular weight is 422 g/mol. The monoisotopic (exact) mass is 422 g/mol. The number of aliphatic carboxylic acids is 1. The van der Waals surface area contributed by atoms with E-state index in [9.17, 15) is 14.4 Å². The maximum absolute atomic E-state index is 13.0. The summed E-state index contributed by atoms with van der Waals surface area (Å²) in [7, 11) is 0. The van der Waals surface area contributed by atoms with Gasteiger partial charge in [-0.3, -0.25) is 14.4 Å². The Kier molecular flexibility index (Phi) is 7.05. The number of tetrazole rings is 1. The van der Waals surface area contributed by atoms with E-state index in [4.69, 9.17) is 5.11 Å². The molecule has 31 heavy (non-hydrogen) atoms. The third kappa shape index (κ3) is 5.95. The van der Waals surface area contributed by atoms with Crippen molar-refractivity contribution in [2.24, 2.45) is 0 Å². The lowest BCUT2D eigenvalue weighted by molar-refractivity contribution is -0.136. The number of carboxylic acids is 1. The Morgan fingerprint density at radius 3 is 2.39 bits per heavy atom. The Balaban J connectivity index is 1.69. The van der Waals surface area contributed by atoms with Crippen LogP contribution >= 0.6 is 0 Å². The molecule has 3 N–H and O–H groups in total. The largest absolute Gasteiger partial charge is 0.481 e. The van der Waals surface area contributed by atoms with Crippen LogP contribution in [0.4, 0.5) is 5.69 Å². The van der Waals surface area contributed by atoms with Crippen molar-refractivity contribution in [3.05, 3.63) is 71.5 Å². The highest BCUT2D eigenvalue weighted by Crippen LogP contribution is 2.18. The van der Waals surface area contributed by atoms with Crippen LogP contribution in [0.5, 0.6) is 0 Å². The van der Waals surface area contributed by atoms with Gasteiger partial charge in [-0.1, -0.05) is 30.3 Å². The number of carbonyl (C=O) groups is 3. The van der Waals surface area contributed by atoms with E-state index in [-0.39, 0.29) is 24.8 Å². The minimum Gasteiger partial charge on any atom is -0.481 e. The molecule has 0 fully saturated rings. The molecular weight excluding hydrogens is 400 g/mol. The zero-order valence-corrected chi connectivity index (χ0v) is 16.9. The zero-order valence-electron chi connectivity index (χ0n) is 16.9. The third-order valence-corrected chi connectivity index (χ3v) is 4.57. The number of nitrogens with zero attached hydrogens (tertiary/aromatic N) is 4. The molecule has 0 saturated heterocycles. The molecule has 10 nitrogen and oxygen atoms in total. The summed E-state index contributed by atoms with van der Waals surface area (Å²) in [4.78, 5) is 35.6. The maximum Gasteiger partial charge on any atom is 0.305 e. The standard InChI is InChI=1S/C21H22N6O4/c1-14-24-25-26-27(14)18(13-15-5-3-2-4-6-15)21(31)23-17-9-7-16(8-10-17)20(30)22-12-11-19(28)29/h2-10,18H,11-13H2,1H3,(H,22,30)(H,23,31)(H,28,29). The number of anilines is 1. The van der Waals surface area contributed by atoms with Gasteiger partial charge in [0.15, 0.2) is 0 Å². The van der Waals surface area contributed by atoms with Gasteiger partial charge in [-0.15, -0.1) is 5.10 Å². The molecule has 0 radical (unpaired) electrons. The van der Waals surface area contributed by atoms with E-state index >= 15 is 0 Å². The molecule has 0 aliphatic heterocycles. The highest BCUT2D eigenvalue weighted by atomic mass is 16.4. The molecule has 0 saturated carbocycles. The van der Waals surface area contributed by atoms with E-state index in [2.05, 4.69) is 26.2 Å². The molecule has 3 rings (SSSR count). The van der Waals surface area contributed by atoms with E-state index in [1.807, 2.05) is 30.3 Å². The number of benzene rings is 2. The summed E-state index contributed by atoms with van der Waals surface area (Å²) < 4.78 is 1.48. The van der Waals surface area contributed by atoms with Crippen LogP contribution in [-0.4, -0.2) is 49.6 Å². The van der Waals surface area contributed by atoms with Crippen molar-refractivity contribution in [2.75, 3.05) is 11.9 Å². The van der Waals surface area contributed by atoms with Gasteiger partial charge >= 0.3 is 5.97 Å². The number of carbonyl (C=O) groups excluding carboxylic acids is 2. The van der Waals surface area contributed by atoms with Gasteiger partial charge in [0.05, 0.1) is 6.42 Å². The quantitative estimate of drug-likeness (QED) is 0.476. The summed E-state index contributed by atoms with van der Waals surface area (Å²) in [5.41, 5.74) is 1.84. The lowest BCUT2D eigenvalue weighted by Crippen LogP contribution is -2.29. The van der Waals surface area contributed by atoms with Crippen molar-refractivity contribution < 1.29 is 19.5 Å². The van der Waals surface area contributed by atoms with Crippen molar-refractivity contribution in [3.8, 4) is 0 Å². The summed E-state index contributed by atoms with van der Waals surface area (Å²) in [5.74, 6) is -1.14. The van der Waals surface area contributed by atoms with Crippen LogP contribution in [0.25, 0.3) is 0 Å². The Bertz CT molecular complexity index is 1050. The number of hydrogen-bond donors (Lipinski definition) is 3. The number of amides is 2. The first-order valence-electron chi connectivity index (χ1n) is 9.63. The highest BCUT2D eigenvalue weighted by molar-refractivity contribution is 5.96. The molecule has 0 spiro atoms. The predicted molar refractivity (Wildman–Crippen MR) is 111 cm³/mol. The molecule has 10 heteroatoms. The van der Waals surface area contributed by atoms with Gasteiger partial charge in [0.2, 0.25) is 5.91 Å². The first-order valence-corrected chi connectivity index (χ1v) is 9.63. The molecule has 0 aliphatic carbocycles. The summed E-state index contributed by atoms with van der Waals surface area (Å²) >= 11 is 0. The van der Waals surface area contributed by atoms with E-state index in [1.165, 1.54) is 4.68 Å². The van der Waals surface area contributed by atoms with Crippen LogP contribution in [0.3, 0.4) is 0 Å². The van der Waals surface area contributed by atoms with Crippen LogP contribution in [-0.2, 0) is 16.0 Å². The second-order valence-corrected chi connectivity index (χ2v) is 6.84. The van der Waals surface area contributed by atoms with Gasteiger partial charge in [0.25, 0.3) is 5.91 Å². The van der Waals surface area contributed by atoms with Gasteiger partial charge in [0, 0.05) is 24.2 Å². The highest BCUT2D eigenvalue weighted by Gasteiger charge is 2.24. The van der Waals surface area contributed by atoms with Crippen molar-refractivity contribution >= 4 is 23.5 Å². The van der Waals surface area contributed by atoms with Gasteiger partial charge < -0.3 is 15.7 Å². The molecule has 1 atom stereocenters. The van der Waals surface area contributed by atoms with Crippen molar-refractivity contribution in [1.82, 2.24) is 25.5 Å². The van der Waals surface area contributed by atoms with E-state index in [0.29, 0.717) is 23.5 Å². The number of aromatic nitrogens is 4. The fraction of sp³-hybridized carbons (Fsp3) is 0.238. The SMILES string of the molecule is Cc1nnnn1C(Cc1ccccc1)C(=O)Nc1ccc(C(=O)NCCC(=O)O)cc1. The molecule has 0 bridgehead atoms. The Labute approximate surface area is 178 Å². The number of hydrogen-bond acceptors (Lipinski definition) is 6. The van der Waals surface area contributed by atoms with E-state index in [0.717, 1.165) is 5.56 Å². The smallest absolute Gasteiger partial charge is 0.305 e. The summed E-state index contributed by atoms with van der Waals surface area (Å²) in [6, 6.07) is 15.2. The minimum absolute atomic E-state index is 0.0408. The fourth-order valence-electron chi connectivity index (χ4n) is 2.97. The van der Waals surface area contributed by atoms with Crippen LogP contribution in [0.15, 0.2) is 54.6 Å². The van der Waals surface area contributed by atoms with Gasteiger partial charge in [-0.25, -0.2) is 4.68 Å². The van der Waals surface area contributed by atoms with Crippen LogP contribution < -0.4 is 10.6 Å². The minimum atomic E-state index is -0.985. The van der Waals surface area contributed by atoms with Crippen molar-refractivity contribution in [2.45, 2.75) is 25.8 Å². The topological polar surface area (TPSA) is 139 Å². The summed E-state index contributed by atoms with van der Waals surface area (Å²) in [6.45, 7) is 1.77. The Morgan fingerprint density at radius 2 is 1.77 bits per heavy atom. The van der Waals surface area contributed by atoms with Gasteiger partial charge in [0.1, 0.15) is 11.9 Å². The second kappa shape index (κ2) is 10.1. The lowest BCUT2D eigenvalue weighted by atomic mass is 10.1. The summed E-state index contributed by atoms with van der Waals surface area (Å²) in [5, 5.41) is 25.5. The molecule has 1 heterocycles. The molecule has 2 amide bonds. The van der Waals surface area contributed by atoms with Crippen molar-refractivity contribution in [1.29, 1.82) is 0 Å². The Morgan fingerprint density at radius 1 is 1.06 bits per heavy atom. The fourth-order valence-corrected chi connectivity index (χ4v) is 2.97. The first-order chi connectivity index (χ1) is 14.9. The van der Waals surface area contributed by atoms with E-state index < -0.39 is 12.0 Å².